The second-order valence-electron chi connectivity index (χ2n) is 5.88. The molecule has 0 aliphatic carbocycles. The van der Waals surface area contributed by atoms with Crippen LogP contribution < -0.4 is 0 Å². The van der Waals surface area contributed by atoms with Crippen LogP contribution in [-0.4, -0.2) is 38.7 Å². The van der Waals surface area contributed by atoms with Crippen molar-refractivity contribution < 1.29 is 15.0 Å². The Balaban J connectivity index is 3.17. The van der Waals surface area contributed by atoms with E-state index in [2.05, 4.69) is 0 Å². The zero-order valence-corrected chi connectivity index (χ0v) is 13.1. The Kier molecular flexibility index (Phi) is 5.28. The van der Waals surface area contributed by atoms with Gasteiger partial charge in [-0.25, -0.2) is 4.79 Å². The van der Waals surface area contributed by atoms with Crippen molar-refractivity contribution in [2.24, 2.45) is 0 Å². The molecule has 0 bridgehead atoms. The Morgan fingerprint density at radius 2 is 1.90 bits per heavy atom. The van der Waals surface area contributed by atoms with Crippen molar-refractivity contribution in [1.82, 2.24) is 4.90 Å². The number of para-hydroxylation sites is 1. The van der Waals surface area contributed by atoms with Gasteiger partial charge in [0.25, 0.3) is 0 Å². The average molecular weight is 300 g/mol. The highest BCUT2D eigenvalue weighted by Crippen LogP contribution is 2.33. The largest absolute Gasteiger partial charge is 0.508 e. The van der Waals surface area contributed by atoms with Gasteiger partial charge in [0.2, 0.25) is 0 Å². The first-order valence-electron chi connectivity index (χ1n) is 6.56. The molecule has 0 heterocycles. The molecule has 0 saturated carbocycles. The fourth-order valence-corrected chi connectivity index (χ4v) is 2.95. The topological polar surface area (TPSA) is 60.8 Å². The molecule has 0 aliphatic heterocycles. The average Bonchev–Trinajstić information content (AvgIpc) is 2.30. The smallest absolute Gasteiger partial charge is 0.407 e. The first-order valence-corrected chi connectivity index (χ1v) is 7.09. The highest BCUT2D eigenvalue weighted by Gasteiger charge is 2.36. The van der Waals surface area contributed by atoms with Gasteiger partial charge in [-0.05, 0) is 33.8 Å². The number of hydrogen-bond donors (Lipinski definition) is 2. The summed E-state index contributed by atoms with van der Waals surface area (Å²) in [7, 11) is 0. The third-order valence-corrected chi connectivity index (χ3v) is 3.75. The summed E-state index contributed by atoms with van der Waals surface area (Å²) in [6, 6.07) is 6.56. The molecular weight excluding hydrogens is 278 g/mol. The molecule has 0 aliphatic rings. The van der Waals surface area contributed by atoms with Gasteiger partial charge in [-0.1, -0.05) is 18.2 Å². The molecule has 112 valence electrons. The highest BCUT2D eigenvalue weighted by molar-refractivity contribution is 6.18. The molecule has 1 rings (SSSR count). The second-order valence-corrected chi connectivity index (χ2v) is 6.19. The molecule has 2 N–H and O–H groups in total. The minimum Gasteiger partial charge on any atom is -0.508 e. The predicted octanol–water partition coefficient (Wildman–Crippen LogP) is 3.88. The predicted molar refractivity (Wildman–Crippen MR) is 80.6 cm³/mol. The number of alkyl halides is 1. The van der Waals surface area contributed by atoms with Crippen LogP contribution in [-0.2, 0) is 0 Å². The maximum Gasteiger partial charge on any atom is 0.407 e. The normalized spacial score (nSPS) is 14.7. The summed E-state index contributed by atoms with van der Waals surface area (Å²) >= 11 is 6.04. The molecule has 20 heavy (non-hydrogen) atoms. The number of benzene rings is 1. The lowest BCUT2D eigenvalue weighted by molar-refractivity contribution is 0.0685. The van der Waals surface area contributed by atoms with Crippen molar-refractivity contribution in [1.29, 1.82) is 0 Å². The minimum atomic E-state index is -0.990. The highest BCUT2D eigenvalue weighted by atomic mass is 35.5. The molecular formula is C15H22ClNO3. The summed E-state index contributed by atoms with van der Waals surface area (Å²) < 4.78 is 0. The lowest BCUT2D eigenvalue weighted by Crippen LogP contribution is -2.52. The van der Waals surface area contributed by atoms with Crippen LogP contribution in [0.25, 0.3) is 0 Å². The van der Waals surface area contributed by atoms with Crippen LogP contribution in [0.2, 0.25) is 0 Å². The van der Waals surface area contributed by atoms with Crippen LogP contribution in [0.4, 0.5) is 4.79 Å². The third-order valence-electron chi connectivity index (χ3n) is 3.42. The Morgan fingerprint density at radius 1 is 1.35 bits per heavy atom. The third kappa shape index (κ3) is 3.57. The fourth-order valence-electron chi connectivity index (χ4n) is 2.52. The van der Waals surface area contributed by atoms with E-state index >= 15 is 0 Å². The number of rotatable bonds is 4. The van der Waals surface area contributed by atoms with Gasteiger partial charge in [0.05, 0.1) is 0 Å². The summed E-state index contributed by atoms with van der Waals surface area (Å²) in [4.78, 5) is 12.9. The second kappa shape index (κ2) is 6.35. The standard InChI is InChI=1S/C15H22ClNO3/c1-10(17(14(19)20)15(2,3)4)12(9-16)11-7-5-6-8-13(11)18/h5-8,10,12,18H,9H2,1-4H3,(H,19,20)/t10-,12-/m0/s1. The van der Waals surface area contributed by atoms with E-state index in [0.717, 1.165) is 0 Å². The van der Waals surface area contributed by atoms with Crippen LogP contribution in [0, 0.1) is 0 Å². The fraction of sp³-hybridized carbons (Fsp3) is 0.533. The number of carbonyl (C=O) groups is 1. The molecule has 0 spiro atoms. The van der Waals surface area contributed by atoms with E-state index in [-0.39, 0.29) is 23.6 Å². The number of halogens is 1. The van der Waals surface area contributed by atoms with Crippen molar-refractivity contribution in [2.45, 2.75) is 45.2 Å². The van der Waals surface area contributed by atoms with Crippen LogP contribution >= 0.6 is 11.6 Å². The number of aromatic hydroxyl groups is 1. The van der Waals surface area contributed by atoms with Crippen molar-refractivity contribution in [3.63, 3.8) is 0 Å². The molecule has 4 nitrogen and oxygen atoms in total. The van der Waals surface area contributed by atoms with Gasteiger partial charge in [0.1, 0.15) is 5.75 Å². The minimum absolute atomic E-state index is 0.143. The lowest BCUT2D eigenvalue weighted by atomic mass is 9.90. The van der Waals surface area contributed by atoms with Gasteiger partial charge < -0.3 is 15.1 Å². The maximum atomic E-state index is 11.5. The van der Waals surface area contributed by atoms with E-state index < -0.39 is 11.6 Å². The molecule has 0 radical (unpaired) electrons. The molecule has 0 aromatic heterocycles. The Hall–Kier alpha value is -1.42. The van der Waals surface area contributed by atoms with Gasteiger partial charge in [0, 0.05) is 28.9 Å². The van der Waals surface area contributed by atoms with Gasteiger partial charge in [0.15, 0.2) is 0 Å². The quantitative estimate of drug-likeness (QED) is 0.829. The van der Waals surface area contributed by atoms with Crippen molar-refractivity contribution in [2.75, 3.05) is 5.88 Å². The lowest BCUT2D eigenvalue weighted by Gasteiger charge is -2.41. The summed E-state index contributed by atoms with van der Waals surface area (Å²) in [6.45, 7) is 7.34. The van der Waals surface area contributed by atoms with E-state index in [0.29, 0.717) is 5.56 Å². The molecule has 2 atom stereocenters. The number of phenolic OH excluding ortho intramolecular Hbond substituents is 1. The van der Waals surface area contributed by atoms with E-state index in [1.807, 2.05) is 33.8 Å². The van der Waals surface area contributed by atoms with Crippen molar-refractivity contribution in [3.8, 4) is 5.75 Å². The van der Waals surface area contributed by atoms with Crippen LogP contribution in [0.3, 0.4) is 0 Å². The van der Waals surface area contributed by atoms with Crippen LogP contribution in [0.5, 0.6) is 5.75 Å². The summed E-state index contributed by atoms with van der Waals surface area (Å²) in [6.07, 6.45) is -0.990. The van der Waals surface area contributed by atoms with Crippen molar-refractivity contribution in [3.05, 3.63) is 29.8 Å². The molecule has 0 saturated heterocycles. The van der Waals surface area contributed by atoms with E-state index in [4.69, 9.17) is 11.6 Å². The molecule has 0 unspecified atom stereocenters. The van der Waals surface area contributed by atoms with Gasteiger partial charge in [-0.15, -0.1) is 11.6 Å². The molecule has 1 aromatic carbocycles. The van der Waals surface area contributed by atoms with E-state index in [9.17, 15) is 15.0 Å². The number of amides is 1. The molecule has 5 heteroatoms. The van der Waals surface area contributed by atoms with Gasteiger partial charge in [-0.2, -0.15) is 0 Å². The molecule has 1 amide bonds. The van der Waals surface area contributed by atoms with Crippen molar-refractivity contribution >= 4 is 17.7 Å². The van der Waals surface area contributed by atoms with E-state index in [1.54, 1.807) is 18.2 Å². The first kappa shape index (κ1) is 16.6. The monoisotopic (exact) mass is 299 g/mol. The van der Waals surface area contributed by atoms with Crippen LogP contribution in [0.1, 0.15) is 39.2 Å². The first-order chi connectivity index (χ1) is 9.20. The number of nitrogens with zero attached hydrogens (tertiary/aromatic N) is 1. The van der Waals surface area contributed by atoms with Crippen LogP contribution in [0.15, 0.2) is 24.3 Å². The summed E-state index contributed by atoms with van der Waals surface area (Å²) in [5.41, 5.74) is 0.130. The Labute approximate surface area is 125 Å². The summed E-state index contributed by atoms with van der Waals surface area (Å²) in [5.74, 6) is 0.107. The number of phenols is 1. The summed E-state index contributed by atoms with van der Waals surface area (Å²) in [5, 5.41) is 19.4. The SMILES string of the molecule is C[C@@H]([C@H](CCl)c1ccccc1O)N(C(=O)O)C(C)(C)C. The zero-order valence-electron chi connectivity index (χ0n) is 12.3. The molecule has 0 fully saturated rings. The van der Waals surface area contributed by atoms with Gasteiger partial charge in [-0.3, -0.25) is 0 Å². The molecule has 1 aromatic rings. The van der Waals surface area contributed by atoms with E-state index in [1.165, 1.54) is 4.90 Å². The number of hydrogen-bond acceptors (Lipinski definition) is 2. The Bertz CT molecular complexity index is 470. The van der Waals surface area contributed by atoms with Gasteiger partial charge >= 0.3 is 6.09 Å². The Morgan fingerprint density at radius 3 is 2.30 bits per heavy atom. The number of carboxylic acid groups (broad SMARTS) is 1. The maximum absolute atomic E-state index is 11.5. The zero-order chi connectivity index (χ0) is 15.5.